The van der Waals surface area contributed by atoms with E-state index in [0.717, 1.165) is 0 Å². The second kappa shape index (κ2) is 11.6. The lowest BCUT2D eigenvalue weighted by molar-refractivity contribution is -0.139. The number of carbonyl (C=O) groups is 3. The topological polar surface area (TPSA) is 193 Å². The fourth-order valence-electron chi connectivity index (χ4n) is 3.24. The van der Waals surface area contributed by atoms with Crippen LogP contribution >= 0.6 is 11.6 Å². The molecule has 11 nitrogen and oxygen atoms in total. The lowest BCUT2D eigenvalue weighted by Gasteiger charge is -2.17. The first-order chi connectivity index (χ1) is 17.1. The number of ether oxygens (including phenoxy) is 1. The van der Waals surface area contributed by atoms with Gasteiger partial charge in [-0.05, 0) is 48.5 Å². The van der Waals surface area contributed by atoms with Gasteiger partial charge in [-0.15, -0.1) is 0 Å². The number of nitrogens with one attached hydrogen (secondary N) is 4. The molecule has 3 aromatic rings. The average molecular weight is 511 g/mol. The Bertz CT molecular complexity index is 1310. The number of urea groups is 1. The van der Waals surface area contributed by atoms with Crippen molar-refractivity contribution in [3.05, 3.63) is 82.4 Å². The van der Waals surface area contributed by atoms with Crippen LogP contribution < -0.4 is 32.2 Å². The third kappa shape index (κ3) is 6.87. The molecule has 0 bridgehead atoms. The molecular formula is C24H23ClN6O5. The number of nitrogen functional groups attached to an aromatic ring is 1. The first-order valence-electron chi connectivity index (χ1n) is 10.5. The quantitative estimate of drug-likeness (QED) is 0.160. The van der Waals surface area contributed by atoms with Gasteiger partial charge in [0.05, 0.1) is 11.3 Å². The Balaban J connectivity index is 1.84. The van der Waals surface area contributed by atoms with Gasteiger partial charge in [-0.2, -0.15) is 0 Å². The predicted octanol–water partition coefficient (Wildman–Crippen LogP) is 3.44. The summed E-state index contributed by atoms with van der Waals surface area (Å²) in [5.74, 6) is -1.61. The molecule has 0 fully saturated rings. The van der Waals surface area contributed by atoms with Crippen molar-refractivity contribution >= 4 is 52.4 Å². The smallest absolute Gasteiger partial charge is 0.341 e. The zero-order chi connectivity index (χ0) is 26.2. The maximum absolute atomic E-state index is 13.0. The monoisotopic (exact) mass is 510 g/mol. The third-order valence-corrected chi connectivity index (χ3v) is 5.08. The normalized spacial score (nSPS) is 10.2. The number of halogens is 1. The summed E-state index contributed by atoms with van der Waals surface area (Å²) in [5, 5.41) is 25.1. The Morgan fingerprint density at radius 3 is 2.33 bits per heavy atom. The summed E-state index contributed by atoms with van der Waals surface area (Å²) in [4.78, 5) is 35.4. The molecule has 0 aromatic heterocycles. The van der Waals surface area contributed by atoms with Crippen LogP contribution in [0.25, 0.3) is 0 Å². The number of amidine groups is 1. The number of carboxylic acid groups (broad SMARTS) is 1. The van der Waals surface area contributed by atoms with E-state index in [9.17, 15) is 14.4 Å². The number of carbonyl (C=O) groups excluding carboxylic acids is 2. The minimum Gasteiger partial charge on any atom is -0.479 e. The van der Waals surface area contributed by atoms with Crippen molar-refractivity contribution in [2.45, 2.75) is 6.54 Å². The van der Waals surface area contributed by atoms with Crippen molar-refractivity contribution in [1.82, 2.24) is 0 Å². The van der Waals surface area contributed by atoms with Gasteiger partial charge < -0.3 is 37.3 Å². The van der Waals surface area contributed by atoms with E-state index in [4.69, 9.17) is 38.3 Å². The lowest BCUT2D eigenvalue weighted by Crippen LogP contribution is -2.21. The van der Waals surface area contributed by atoms with Gasteiger partial charge in [-0.25, -0.2) is 9.59 Å². The van der Waals surface area contributed by atoms with E-state index < -0.39 is 24.5 Å². The van der Waals surface area contributed by atoms with Crippen LogP contribution in [0.4, 0.5) is 21.9 Å². The first kappa shape index (κ1) is 25.8. The van der Waals surface area contributed by atoms with Crippen molar-refractivity contribution in [2.24, 2.45) is 11.5 Å². The lowest BCUT2D eigenvalue weighted by atomic mass is 10.1. The second-order valence-corrected chi connectivity index (χ2v) is 7.89. The minimum absolute atomic E-state index is 0.0870. The van der Waals surface area contributed by atoms with Gasteiger partial charge in [0, 0.05) is 34.1 Å². The minimum atomic E-state index is -1.20. The molecule has 0 radical (unpaired) electrons. The van der Waals surface area contributed by atoms with Crippen LogP contribution in [0.2, 0.25) is 5.02 Å². The molecule has 12 heteroatoms. The highest BCUT2D eigenvalue weighted by Crippen LogP contribution is 2.31. The van der Waals surface area contributed by atoms with Crippen LogP contribution in [0.5, 0.6) is 5.75 Å². The Morgan fingerprint density at radius 2 is 1.69 bits per heavy atom. The number of nitrogens with two attached hydrogens (primary N) is 2. The van der Waals surface area contributed by atoms with Crippen molar-refractivity contribution in [3.8, 4) is 5.75 Å². The van der Waals surface area contributed by atoms with Crippen LogP contribution in [0.3, 0.4) is 0 Å². The molecule has 0 saturated carbocycles. The number of carboxylic acids is 1. The number of aliphatic carboxylic acids is 1. The van der Waals surface area contributed by atoms with E-state index in [1.54, 1.807) is 48.5 Å². The summed E-state index contributed by atoms with van der Waals surface area (Å²) < 4.78 is 5.39. The van der Waals surface area contributed by atoms with E-state index in [-0.39, 0.29) is 29.4 Å². The van der Waals surface area contributed by atoms with Crippen LogP contribution in [-0.4, -0.2) is 35.5 Å². The van der Waals surface area contributed by atoms with Gasteiger partial charge in [0.1, 0.15) is 11.6 Å². The number of rotatable bonds is 10. The Morgan fingerprint density at radius 1 is 0.972 bits per heavy atom. The zero-order valence-electron chi connectivity index (χ0n) is 18.8. The Kier molecular flexibility index (Phi) is 8.31. The molecule has 3 amide bonds. The summed E-state index contributed by atoms with van der Waals surface area (Å²) in [6.07, 6.45) is 0. The van der Waals surface area contributed by atoms with Crippen molar-refractivity contribution < 1.29 is 24.2 Å². The highest BCUT2D eigenvalue weighted by Gasteiger charge is 2.16. The van der Waals surface area contributed by atoms with Gasteiger partial charge in [0.2, 0.25) is 0 Å². The van der Waals surface area contributed by atoms with Gasteiger partial charge in [-0.3, -0.25) is 10.2 Å². The number of para-hydroxylation sites is 1. The number of amides is 3. The van der Waals surface area contributed by atoms with E-state index in [0.29, 0.717) is 27.5 Å². The van der Waals surface area contributed by atoms with E-state index in [2.05, 4.69) is 16.0 Å². The Hall–Kier alpha value is -4.77. The molecule has 0 saturated heterocycles. The standard InChI is InChI=1S/C24H23ClN6O5/c25-15-6-9-18(17(10-15)23(34)30-16-7-4-13(5-8-16)22(26)27)29-11-14-2-1-3-19(31-24(28)35)21(14)36-12-20(32)33/h1-10,29H,11-12H2,(H3,26,27)(H,30,34)(H,32,33)(H3,28,31,35). The molecule has 36 heavy (non-hydrogen) atoms. The molecule has 0 aliphatic rings. The fraction of sp³-hybridized carbons (Fsp3) is 0.0833. The van der Waals surface area contributed by atoms with Crippen molar-refractivity contribution in [3.63, 3.8) is 0 Å². The van der Waals surface area contributed by atoms with Crippen LogP contribution in [0.1, 0.15) is 21.5 Å². The Labute approximate surface area is 210 Å². The summed E-state index contributed by atoms with van der Waals surface area (Å²) >= 11 is 6.13. The number of hydrogen-bond donors (Lipinski definition) is 7. The number of anilines is 3. The average Bonchev–Trinajstić information content (AvgIpc) is 2.82. The van der Waals surface area contributed by atoms with Crippen LogP contribution in [-0.2, 0) is 11.3 Å². The molecule has 0 aliphatic carbocycles. The van der Waals surface area contributed by atoms with Gasteiger partial charge in [-0.1, -0.05) is 23.7 Å². The number of benzene rings is 3. The van der Waals surface area contributed by atoms with Gasteiger partial charge in [0.25, 0.3) is 5.91 Å². The van der Waals surface area contributed by atoms with E-state index in [1.807, 2.05) is 0 Å². The van der Waals surface area contributed by atoms with Gasteiger partial charge >= 0.3 is 12.0 Å². The first-order valence-corrected chi connectivity index (χ1v) is 10.8. The number of hydrogen-bond acceptors (Lipinski definition) is 6. The second-order valence-electron chi connectivity index (χ2n) is 7.45. The van der Waals surface area contributed by atoms with Crippen LogP contribution in [0.15, 0.2) is 60.7 Å². The largest absolute Gasteiger partial charge is 0.479 e. The molecule has 3 rings (SSSR count). The van der Waals surface area contributed by atoms with Crippen molar-refractivity contribution in [2.75, 3.05) is 22.6 Å². The van der Waals surface area contributed by atoms with E-state index in [1.165, 1.54) is 12.1 Å². The molecule has 0 aliphatic heterocycles. The van der Waals surface area contributed by atoms with Gasteiger partial charge in [0.15, 0.2) is 6.61 Å². The summed E-state index contributed by atoms with van der Waals surface area (Å²) in [6.45, 7) is -0.528. The molecule has 0 heterocycles. The SMILES string of the molecule is N=C(N)c1ccc(NC(=O)c2cc(Cl)ccc2NCc2cccc(NC(N)=O)c2OCC(=O)O)cc1. The maximum Gasteiger partial charge on any atom is 0.341 e. The highest BCUT2D eigenvalue weighted by molar-refractivity contribution is 6.31. The summed E-state index contributed by atoms with van der Waals surface area (Å²) in [6, 6.07) is 15.2. The van der Waals surface area contributed by atoms with Crippen LogP contribution in [0, 0.1) is 5.41 Å². The number of primary amides is 1. The van der Waals surface area contributed by atoms with Crippen molar-refractivity contribution in [1.29, 1.82) is 5.41 Å². The summed E-state index contributed by atoms with van der Waals surface area (Å²) in [7, 11) is 0. The molecule has 3 aromatic carbocycles. The molecule has 0 unspecified atom stereocenters. The predicted molar refractivity (Wildman–Crippen MR) is 137 cm³/mol. The third-order valence-electron chi connectivity index (χ3n) is 4.84. The summed E-state index contributed by atoms with van der Waals surface area (Å²) in [5.41, 5.74) is 13.1. The molecular weight excluding hydrogens is 488 g/mol. The fourth-order valence-corrected chi connectivity index (χ4v) is 3.41. The zero-order valence-corrected chi connectivity index (χ0v) is 19.6. The van der Waals surface area contributed by atoms with E-state index >= 15 is 0 Å². The molecule has 0 atom stereocenters. The molecule has 186 valence electrons. The highest BCUT2D eigenvalue weighted by atomic mass is 35.5. The molecule has 9 N–H and O–H groups in total. The maximum atomic E-state index is 13.0. The molecule has 0 spiro atoms.